The third kappa shape index (κ3) is 3.80. The van der Waals surface area contributed by atoms with Crippen molar-refractivity contribution < 1.29 is 4.74 Å². The molecule has 1 unspecified atom stereocenters. The topological polar surface area (TPSA) is 33.3 Å². The Kier molecular flexibility index (Phi) is 5.65. The zero-order valence-corrected chi connectivity index (χ0v) is 11.2. The highest BCUT2D eigenvalue weighted by molar-refractivity contribution is 5.31. The first-order chi connectivity index (χ1) is 8.92. The minimum Gasteiger partial charge on any atom is -0.372 e. The van der Waals surface area contributed by atoms with Crippen LogP contribution in [0.1, 0.15) is 30.6 Å². The van der Waals surface area contributed by atoms with E-state index in [-0.39, 0.29) is 6.10 Å². The van der Waals surface area contributed by atoms with Crippen molar-refractivity contribution in [3.63, 3.8) is 0 Å². The van der Waals surface area contributed by atoms with Crippen LogP contribution in [0.25, 0.3) is 0 Å². The lowest BCUT2D eigenvalue weighted by atomic mass is 9.97. The van der Waals surface area contributed by atoms with Crippen molar-refractivity contribution in [2.75, 3.05) is 32.8 Å². The number of hydrogen-bond acceptors (Lipinski definition) is 3. The Morgan fingerprint density at radius 2 is 2.00 bits per heavy atom. The van der Waals surface area contributed by atoms with Crippen LogP contribution in [0.2, 0.25) is 0 Å². The Morgan fingerprint density at radius 3 is 2.89 bits per heavy atom. The summed E-state index contributed by atoms with van der Waals surface area (Å²) in [5.74, 6) is 0. The molecular weight excluding hydrogens is 224 g/mol. The van der Waals surface area contributed by atoms with Gasteiger partial charge in [-0.1, -0.05) is 31.2 Å². The van der Waals surface area contributed by atoms with Gasteiger partial charge in [0.15, 0.2) is 0 Å². The van der Waals surface area contributed by atoms with E-state index in [4.69, 9.17) is 4.74 Å². The Hall–Kier alpha value is -0.900. The number of nitrogens with one attached hydrogen (secondary N) is 2. The summed E-state index contributed by atoms with van der Waals surface area (Å²) < 4.78 is 5.85. The predicted molar refractivity (Wildman–Crippen MR) is 74.9 cm³/mol. The molecule has 0 saturated heterocycles. The van der Waals surface area contributed by atoms with E-state index in [0.29, 0.717) is 0 Å². The molecule has 1 aliphatic heterocycles. The molecule has 2 N–H and O–H groups in total. The van der Waals surface area contributed by atoms with Crippen LogP contribution in [0.5, 0.6) is 0 Å². The van der Waals surface area contributed by atoms with E-state index >= 15 is 0 Å². The number of hydrogen-bond donors (Lipinski definition) is 2. The van der Waals surface area contributed by atoms with Gasteiger partial charge < -0.3 is 15.4 Å². The predicted octanol–water partition coefficient (Wildman–Crippen LogP) is 1.89. The monoisotopic (exact) mass is 248 g/mol. The fraction of sp³-hybridized carbons (Fsp3) is 0.600. The van der Waals surface area contributed by atoms with Gasteiger partial charge in [-0.25, -0.2) is 0 Å². The maximum atomic E-state index is 5.85. The molecule has 0 spiro atoms. The molecule has 2 rings (SSSR count). The van der Waals surface area contributed by atoms with E-state index in [1.54, 1.807) is 0 Å². The van der Waals surface area contributed by atoms with Crippen LogP contribution >= 0.6 is 0 Å². The van der Waals surface area contributed by atoms with Gasteiger partial charge in [0.1, 0.15) is 0 Å². The number of fused-ring (bicyclic) bond motifs is 1. The molecule has 3 nitrogen and oxygen atoms in total. The van der Waals surface area contributed by atoms with E-state index in [2.05, 4.69) is 41.8 Å². The minimum atomic E-state index is 0.223. The van der Waals surface area contributed by atoms with Gasteiger partial charge in [0.25, 0.3) is 0 Å². The summed E-state index contributed by atoms with van der Waals surface area (Å²) in [7, 11) is 0. The van der Waals surface area contributed by atoms with Gasteiger partial charge in [0.05, 0.1) is 12.7 Å². The fourth-order valence-electron chi connectivity index (χ4n) is 2.36. The molecule has 100 valence electrons. The van der Waals surface area contributed by atoms with Crippen molar-refractivity contribution in [2.24, 2.45) is 0 Å². The van der Waals surface area contributed by atoms with Crippen molar-refractivity contribution in [3.8, 4) is 0 Å². The van der Waals surface area contributed by atoms with Gasteiger partial charge in [-0.2, -0.15) is 0 Å². The molecule has 1 aromatic rings. The first-order valence-electron chi connectivity index (χ1n) is 7.02. The zero-order valence-electron chi connectivity index (χ0n) is 11.2. The molecule has 0 radical (unpaired) electrons. The normalized spacial score (nSPS) is 18.6. The average molecular weight is 248 g/mol. The van der Waals surface area contributed by atoms with E-state index in [1.165, 1.54) is 17.5 Å². The van der Waals surface area contributed by atoms with Crippen LogP contribution in [0.3, 0.4) is 0 Å². The van der Waals surface area contributed by atoms with E-state index < -0.39 is 0 Å². The van der Waals surface area contributed by atoms with Gasteiger partial charge in [0.2, 0.25) is 0 Å². The molecule has 1 aromatic carbocycles. The number of benzene rings is 1. The van der Waals surface area contributed by atoms with Crippen LogP contribution in [0, 0.1) is 0 Å². The van der Waals surface area contributed by atoms with Gasteiger partial charge in [0, 0.05) is 19.6 Å². The Morgan fingerprint density at radius 1 is 1.17 bits per heavy atom. The molecule has 1 aliphatic rings. The Balaban J connectivity index is 1.74. The van der Waals surface area contributed by atoms with Crippen molar-refractivity contribution in [1.29, 1.82) is 0 Å². The molecule has 0 amide bonds. The second kappa shape index (κ2) is 7.52. The zero-order chi connectivity index (χ0) is 12.6. The second-order valence-corrected chi connectivity index (χ2v) is 4.76. The number of rotatable bonds is 7. The molecular formula is C15H24N2O. The van der Waals surface area contributed by atoms with Crippen molar-refractivity contribution in [1.82, 2.24) is 10.6 Å². The van der Waals surface area contributed by atoms with E-state index in [9.17, 15) is 0 Å². The summed E-state index contributed by atoms with van der Waals surface area (Å²) in [5, 5.41) is 6.86. The summed E-state index contributed by atoms with van der Waals surface area (Å²) in [6.07, 6.45) is 2.46. The van der Waals surface area contributed by atoms with Crippen LogP contribution in [-0.2, 0) is 11.2 Å². The molecule has 1 heterocycles. The average Bonchev–Trinajstić information content (AvgIpc) is 2.43. The standard InChI is InChI=1S/C15H24N2O/c1-2-8-16-9-10-17-12-15-14-6-4-3-5-13(14)7-11-18-15/h3-6,15-17H,2,7-12H2,1H3. The van der Waals surface area contributed by atoms with Gasteiger partial charge in [-0.3, -0.25) is 0 Å². The minimum absolute atomic E-state index is 0.223. The largest absolute Gasteiger partial charge is 0.372 e. The quantitative estimate of drug-likeness (QED) is 0.723. The Bertz CT molecular complexity index is 354. The third-order valence-electron chi connectivity index (χ3n) is 3.33. The highest BCUT2D eigenvalue weighted by Gasteiger charge is 2.19. The van der Waals surface area contributed by atoms with Crippen LogP contribution in [-0.4, -0.2) is 32.8 Å². The first-order valence-corrected chi connectivity index (χ1v) is 7.02. The lowest BCUT2D eigenvalue weighted by Gasteiger charge is -2.26. The fourth-order valence-corrected chi connectivity index (χ4v) is 2.36. The highest BCUT2D eigenvalue weighted by atomic mass is 16.5. The summed E-state index contributed by atoms with van der Waals surface area (Å²) in [4.78, 5) is 0. The van der Waals surface area contributed by atoms with Crippen molar-refractivity contribution in [3.05, 3.63) is 35.4 Å². The van der Waals surface area contributed by atoms with Crippen molar-refractivity contribution in [2.45, 2.75) is 25.9 Å². The second-order valence-electron chi connectivity index (χ2n) is 4.76. The smallest absolute Gasteiger partial charge is 0.0952 e. The molecule has 0 saturated carbocycles. The van der Waals surface area contributed by atoms with E-state index in [1.807, 2.05) is 0 Å². The lowest BCUT2D eigenvalue weighted by molar-refractivity contribution is 0.0427. The molecule has 1 atom stereocenters. The number of ether oxygens (including phenoxy) is 1. The lowest BCUT2D eigenvalue weighted by Crippen LogP contribution is -2.32. The van der Waals surface area contributed by atoms with Gasteiger partial charge in [-0.05, 0) is 30.5 Å². The van der Waals surface area contributed by atoms with Crippen LogP contribution in [0.4, 0.5) is 0 Å². The summed E-state index contributed by atoms with van der Waals surface area (Å²) >= 11 is 0. The molecule has 3 heteroatoms. The van der Waals surface area contributed by atoms with Crippen molar-refractivity contribution >= 4 is 0 Å². The van der Waals surface area contributed by atoms with Gasteiger partial charge in [-0.15, -0.1) is 0 Å². The summed E-state index contributed by atoms with van der Waals surface area (Å²) in [6, 6.07) is 8.62. The summed E-state index contributed by atoms with van der Waals surface area (Å²) in [6.45, 7) is 7.07. The van der Waals surface area contributed by atoms with Crippen LogP contribution < -0.4 is 10.6 Å². The third-order valence-corrected chi connectivity index (χ3v) is 3.33. The SMILES string of the molecule is CCCNCCNCC1OCCc2ccccc21. The molecule has 0 bridgehead atoms. The molecule has 0 aliphatic carbocycles. The van der Waals surface area contributed by atoms with Crippen LogP contribution in [0.15, 0.2) is 24.3 Å². The molecule has 18 heavy (non-hydrogen) atoms. The van der Waals surface area contributed by atoms with Gasteiger partial charge >= 0.3 is 0 Å². The summed E-state index contributed by atoms with van der Waals surface area (Å²) in [5.41, 5.74) is 2.80. The maximum absolute atomic E-state index is 5.85. The first kappa shape index (κ1) is 13.5. The maximum Gasteiger partial charge on any atom is 0.0952 e. The molecule has 0 fully saturated rings. The van der Waals surface area contributed by atoms with E-state index in [0.717, 1.165) is 39.2 Å². The Labute approximate surface area is 110 Å². The molecule has 0 aromatic heterocycles. The highest BCUT2D eigenvalue weighted by Crippen LogP contribution is 2.25.